The summed E-state index contributed by atoms with van der Waals surface area (Å²) >= 11 is 1.43. The predicted octanol–water partition coefficient (Wildman–Crippen LogP) is 4.10. The van der Waals surface area contributed by atoms with Crippen LogP contribution in [-0.4, -0.2) is 51.7 Å². The van der Waals surface area contributed by atoms with Crippen LogP contribution in [0.1, 0.15) is 30.9 Å². The number of aromatic nitrogens is 2. The highest BCUT2D eigenvalue weighted by atomic mass is 32.1. The summed E-state index contributed by atoms with van der Waals surface area (Å²) in [4.78, 5) is 27.9. The Morgan fingerprint density at radius 2 is 1.79 bits per heavy atom. The number of amides is 1. The number of carboxylic acids is 1. The Kier molecular flexibility index (Phi) is 7.47. The second-order valence-electron chi connectivity index (χ2n) is 8.38. The lowest BCUT2D eigenvalue weighted by Gasteiger charge is -2.36. The second kappa shape index (κ2) is 10.7. The number of rotatable bonds is 10. The molecule has 33 heavy (non-hydrogen) atoms. The first-order valence-electron chi connectivity index (χ1n) is 11.3. The van der Waals surface area contributed by atoms with Crippen LogP contribution in [0.5, 0.6) is 0 Å². The highest BCUT2D eigenvalue weighted by molar-refractivity contribution is 7.18. The first-order valence-corrected chi connectivity index (χ1v) is 12.1. The molecule has 0 bridgehead atoms. The maximum atomic E-state index is 13.0. The van der Waals surface area contributed by atoms with Crippen LogP contribution in [0.25, 0.3) is 10.6 Å². The zero-order valence-corrected chi connectivity index (χ0v) is 19.5. The number of carbonyl (C=O) groups excluding carboxylic acids is 1. The Hall–Kier alpha value is -3.10. The van der Waals surface area contributed by atoms with Crippen LogP contribution >= 0.6 is 11.3 Å². The molecular weight excluding hydrogens is 436 g/mol. The molecular formula is C25H28N4O3S. The summed E-state index contributed by atoms with van der Waals surface area (Å²) in [5.41, 5.74) is 3.08. The molecule has 1 aromatic heterocycles. The molecule has 0 spiro atoms. The molecule has 1 saturated heterocycles. The van der Waals surface area contributed by atoms with Crippen molar-refractivity contribution in [1.29, 1.82) is 0 Å². The van der Waals surface area contributed by atoms with Crippen LogP contribution in [0.2, 0.25) is 0 Å². The Morgan fingerprint density at radius 1 is 1.06 bits per heavy atom. The standard InChI is InChI=1S/C25H28N4O3S/c1-2-3-13-29(22(30)14-18-7-5-4-6-8-18)25-27-26-23(33-25)20-11-9-19(10-12-20)15-28-16-21(17-28)24(31)32/h4-12,21H,2-3,13-17H2,1H3,(H,31,32). The summed E-state index contributed by atoms with van der Waals surface area (Å²) in [6.45, 7) is 4.67. The fourth-order valence-electron chi connectivity index (χ4n) is 3.82. The minimum atomic E-state index is -0.719. The molecule has 0 atom stereocenters. The summed E-state index contributed by atoms with van der Waals surface area (Å²) in [6, 6.07) is 17.9. The Balaban J connectivity index is 1.42. The Bertz CT molecular complexity index is 1080. The van der Waals surface area contributed by atoms with E-state index in [-0.39, 0.29) is 11.8 Å². The lowest BCUT2D eigenvalue weighted by molar-refractivity contribution is -0.147. The first-order chi connectivity index (χ1) is 16.0. The zero-order valence-electron chi connectivity index (χ0n) is 18.7. The van der Waals surface area contributed by atoms with Crippen molar-refractivity contribution in [1.82, 2.24) is 15.1 Å². The summed E-state index contributed by atoms with van der Waals surface area (Å²) in [5.74, 6) is -0.935. The molecule has 3 aromatic rings. The molecule has 1 N–H and O–H groups in total. The van der Waals surface area contributed by atoms with Gasteiger partial charge in [-0.2, -0.15) is 0 Å². The summed E-state index contributed by atoms with van der Waals surface area (Å²) < 4.78 is 0. The van der Waals surface area contributed by atoms with E-state index in [2.05, 4.69) is 22.0 Å². The number of carboxylic acid groups (broad SMARTS) is 1. The van der Waals surface area contributed by atoms with E-state index in [1.807, 2.05) is 54.6 Å². The third-order valence-corrected chi connectivity index (χ3v) is 6.79. The highest BCUT2D eigenvalue weighted by Crippen LogP contribution is 2.30. The topological polar surface area (TPSA) is 86.6 Å². The third kappa shape index (κ3) is 5.83. The molecule has 7 nitrogen and oxygen atoms in total. The minimum Gasteiger partial charge on any atom is -0.481 e. The third-order valence-electron chi connectivity index (χ3n) is 5.79. The molecule has 4 rings (SSSR count). The molecule has 1 fully saturated rings. The SMILES string of the molecule is CCCCN(C(=O)Cc1ccccc1)c1nnc(-c2ccc(CN3CC(C(=O)O)C3)cc2)s1. The van der Waals surface area contributed by atoms with E-state index >= 15 is 0 Å². The van der Waals surface area contributed by atoms with E-state index in [0.29, 0.717) is 31.2 Å². The summed E-state index contributed by atoms with van der Waals surface area (Å²) in [7, 11) is 0. The molecule has 1 aliphatic rings. The van der Waals surface area contributed by atoms with Crippen molar-refractivity contribution >= 4 is 28.3 Å². The van der Waals surface area contributed by atoms with Gasteiger partial charge in [-0.25, -0.2) is 0 Å². The average Bonchev–Trinajstić information content (AvgIpc) is 3.27. The number of anilines is 1. The number of hydrogen-bond acceptors (Lipinski definition) is 6. The van der Waals surface area contributed by atoms with Crippen LogP contribution < -0.4 is 4.90 Å². The summed E-state index contributed by atoms with van der Waals surface area (Å²) in [6.07, 6.45) is 2.24. The average molecular weight is 465 g/mol. The number of hydrogen-bond donors (Lipinski definition) is 1. The monoisotopic (exact) mass is 464 g/mol. The number of benzene rings is 2. The van der Waals surface area contributed by atoms with Crippen LogP contribution in [0.15, 0.2) is 54.6 Å². The lowest BCUT2D eigenvalue weighted by atomic mass is 9.99. The largest absolute Gasteiger partial charge is 0.481 e. The van der Waals surface area contributed by atoms with Gasteiger partial charge in [0.25, 0.3) is 0 Å². The lowest BCUT2D eigenvalue weighted by Crippen LogP contribution is -2.49. The molecule has 1 aliphatic heterocycles. The van der Waals surface area contributed by atoms with Gasteiger partial charge in [-0.3, -0.25) is 19.4 Å². The fraction of sp³-hybridized carbons (Fsp3) is 0.360. The number of nitrogens with zero attached hydrogens (tertiary/aromatic N) is 4. The van der Waals surface area contributed by atoms with E-state index in [1.54, 1.807) is 4.90 Å². The molecule has 172 valence electrons. The van der Waals surface area contributed by atoms with Gasteiger partial charge in [0.15, 0.2) is 0 Å². The highest BCUT2D eigenvalue weighted by Gasteiger charge is 2.32. The molecule has 2 aromatic carbocycles. The molecule has 8 heteroatoms. The van der Waals surface area contributed by atoms with Gasteiger partial charge in [-0.05, 0) is 17.5 Å². The first kappa shape index (κ1) is 23.1. The molecule has 1 amide bonds. The van der Waals surface area contributed by atoms with Crippen molar-refractivity contribution in [3.8, 4) is 10.6 Å². The van der Waals surface area contributed by atoms with Gasteiger partial charge in [-0.15, -0.1) is 10.2 Å². The fourth-order valence-corrected chi connectivity index (χ4v) is 4.71. The second-order valence-corrected chi connectivity index (χ2v) is 9.33. The van der Waals surface area contributed by atoms with Crippen molar-refractivity contribution in [2.24, 2.45) is 5.92 Å². The van der Waals surface area contributed by atoms with Crippen molar-refractivity contribution < 1.29 is 14.7 Å². The van der Waals surface area contributed by atoms with E-state index in [9.17, 15) is 9.59 Å². The minimum absolute atomic E-state index is 0.0295. The van der Waals surface area contributed by atoms with Crippen molar-refractivity contribution in [2.75, 3.05) is 24.5 Å². The van der Waals surface area contributed by atoms with Gasteiger partial charge in [0.05, 0.1) is 12.3 Å². The van der Waals surface area contributed by atoms with Gasteiger partial charge in [0.1, 0.15) is 5.01 Å². The zero-order chi connectivity index (χ0) is 23.2. The van der Waals surface area contributed by atoms with E-state index in [1.165, 1.54) is 11.3 Å². The van der Waals surface area contributed by atoms with Crippen molar-refractivity contribution in [2.45, 2.75) is 32.7 Å². The van der Waals surface area contributed by atoms with Gasteiger partial charge < -0.3 is 5.11 Å². The molecule has 0 aliphatic carbocycles. The van der Waals surface area contributed by atoms with E-state index in [0.717, 1.165) is 41.1 Å². The van der Waals surface area contributed by atoms with Gasteiger partial charge in [0, 0.05) is 31.7 Å². The predicted molar refractivity (Wildman–Crippen MR) is 129 cm³/mol. The van der Waals surface area contributed by atoms with Gasteiger partial charge in [0.2, 0.25) is 11.0 Å². The van der Waals surface area contributed by atoms with E-state index in [4.69, 9.17) is 5.11 Å². The quantitative estimate of drug-likeness (QED) is 0.486. The molecule has 2 heterocycles. The maximum absolute atomic E-state index is 13.0. The number of carbonyl (C=O) groups is 2. The van der Waals surface area contributed by atoms with Crippen molar-refractivity contribution in [3.05, 3.63) is 65.7 Å². The van der Waals surface area contributed by atoms with Crippen LogP contribution in [0.3, 0.4) is 0 Å². The molecule has 0 radical (unpaired) electrons. The van der Waals surface area contributed by atoms with Gasteiger partial charge >= 0.3 is 5.97 Å². The number of unbranched alkanes of at least 4 members (excludes halogenated alkanes) is 1. The van der Waals surface area contributed by atoms with Crippen LogP contribution in [-0.2, 0) is 22.6 Å². The van der Waals surface area contributed by atoms with Crippen molar-refractivity contribution in [3.63, 3.8) is 0 Å². The maximum Gasteiger partial charge on any atom is 0.309 e. The van der Waals surface area contributed by atoms with Gasteiger partial charge in [-0.1, -0.05) is 79.3 Å². The number of aliphatic carboxylic acids is 1. The van der Waals surface area contributed by atoms with Crippen LogP contribution in [0.4, 0.5) is 5.13 Å². The van der Waals surface area contributed by atoms with E-state index < -0.39 is 5.97 Å². The Morgan fingerprint density at radius 3 is 2.45 bits per heavy atom. The molecule has 0 saturated carbocycles. The Labute approximate surface area is 197 Å². The normalized spacial score (nSPS) is 14.1. The van der Waals surface area contributed by atoms with Crippen LogP contribution in [0, 0.1) is 5.92 Å². The number of likely N-dealkylation sites (tertiary alicyclic amines) is 1. The molecule has 0 unspecified atom stereocenters. The summed E-state index contributed by atoms with van der Waals surface area (Å²) in [5, 5.41) is 19.1. The smallest absolute Gasteiger partial charge is 0.309 e.